The molecule has 2 rings (SSSR count). The van der Waals surface area contributed by atoms with Gasteiger partial charge in [0.15, 0.2) is 0 Å². The molecule has 0 spiro atoms. The minimum absolute atomic E-state index is 0.193. The van der Waals surface area contributed by atoms with Gasteiger partial charge in [-0.3, -0.25) is 5.32 Å². The number of benzene rings is 1. The van der Waals surface area contributed by atoms with Crippen LogP contribution in [0.4, 0.5) is 8.78 Å². The fourth-order valence-corrected chi connectivity index (χ4v) is 3.80. The largest absolute Gasteiger partial charge is 0.299 e. The summed E-state index contributed by atoms with van der Waals surface area (Å²) < 4.78 is 26.5. The summed E-state index contributed by atoms with van der Waals surface area (Å²) >= 11 is 1.40. The van der Waals surface area contributed by atoms with Gasteiger partial charge in [-0.2, -0.15) is 5.26 Å². The first-order valence-corrected chi connectivity index (χ1v) is 7.74. The Kier molecular flexibility index (Phi) is 5.00. The van der Waals surface area contributed by atoms with Crippen molar-refractivity contribution in [1.82, 2.24) is 5.32 Å². The van der Waals surface area contributed by atoms with Crippen molar-refractivity contribution < 1.29 is 8.78 Å². The van der Waals surface area contributed by atoms with Crippen LogP contribution in [-0.4, -0.2) is 17.3 Å². The SMILES string of the molecule is CCCNC1(C#N)CCC(Sc2ccc(F)cc2F)C1. The highest BCUT2D eigenvalue weighted by molar-refractivity contribution is 8.00. The molecule has 0 radical (unpaired) electrons. The highest BCUT2D eigenvalue weighted by atomic mass is 32.2. The molecule has 1 aliphatic carbocycles. The molecule has 0 aromatic heterocycles. The average molecular weight is 296 g/mol. The van der Waals surface area contributed by atoms with Gasteiger partial charge in [0.2, 0.25) is 0 Å². The normalized spacial score (nSPS) is 25.6. The van der Waals surface area contributed by atoms with Crippen LogP contribution in [0.25, 0.3) is 0 Å². The molecule has 5 heteroatoms. The van der Waals surface area contributed by atoms with Gasteiger partial charge >= 0.3 is 0 Å². The Morgan fingerprint density at radius 1 is 1.50 bits per heavy atom. The Morgan fingerprint density at radius 2 is 2.30 bits per heavy atom. The van der Waals surface area contributed by atoms with E-state index in [2.05, 4.69) is 18.3 Å². The summed E-state index contributed by atoms with van der Waals surface area (Å²) in [7, 11) is 0. The van der Waals surface area contributed by atoms with Crippen molar-refractivity contribution in [3.05, 3.63) is 29.8 Å². The molecule has 1 aliphatic rings. The lowest BCUT2D eigenvalue weighted by atomic mass is 10.00. The Balaban J connectivity index is 2.00. The Morgan fingerprint density at radius 3 is 2.95 bits per heavy atom. The standard InChI is InChI=1S/C15H18F2N2S/c1-2-7-19-15(10-18)6-5-12(9-15)20-14-4-3-11(16)8-13(14)17/h3-4,8,12,19H,2,5-7,9H2,1H3. The lowest BCUT2D eigenvalue weighted by Crippen LogP contribution is -2.42. The molecule has 1 saturated carbocycles. The molecule has 2 unspecified atom stereocenters. The fraction of sp³-hybridized carbons (Fsp3) is 0.533. The van der Waals surface area contributed by atoms with E-state index >= 15 is 0 Å². The van der Waals surface area contributed by atoms with E-state index in [4.69, 9.17) is 0 Å². The molecule has 20 heavy (non-hydrogen) atoms. The number of rotatable bonds is 5. The molecule has 0 heterocycles. The maximum Gasteiger partial charge on any atom is 0.139 e. The molecule has 1 aromatic rings. The van der Waals surface area contributed by atoms with E-state index in [1.165, 1.54) is 23.9 Å². The van der Waals surface area contributed by atoms with Crippen molar-refractivity contribution in [3.63, 3.8) is 0 Å². The number of halogens is 2. The summed E-state index contributed by atoms with van der Waals surface area (Å²) in [5.74, 6) is -1.08. The highest BCUT2D eigenvalue weighted by Crippen LogP contribution is 2.40. The lowest BCUT2D eigenvalue weighted by molar-refractivity contribution is 0.424. The molecule has 1 fully saturated rings. The summed E-state index contributed by atoms with van der Waals surface area (Å²) in [6.45, 7) is 2.88. The van der Waals surface area contributed by atoms with Crippen molar-refractivity contribution in [2.75, 3.05) is 6.54 Å². The zero-order valence-corrected chi connectivity index (χ0v) is 12.3. The van der Waals surface area contributed by atoms with E-state index in [1.54, 1.807) is 0 Å². The van der Waals surface area contributed by atoms with Crippen LogP contribution in [0.5, 0.6) is 0 Å². The van der Waals surface area contributed by atoms with Crippen molar-refractivity contribution in [3.8, 4) is 6.07 Å². The van der Waals surface area contributed by atoms with Crippen LogP contribution in [-0.2, 0) is 0 Å². The van der Waals surface area contributed by atoms with Crippen LogP contribution >= 0.6 is 11.8 Å². The lowest BCUT2D eigenvalue weighted by Gasteiger charge is -2.22. The minimum Gasteiger partial charge on any atom is -0.299 e. The maximum atomic E-state index is 13.6. The third-order valence-corrected chi connectivity index (χ3v) is 4.90. The van der Waals surface area contributed by atoms with Crippen LogP contribution in [0.3, 0.4) is 0 Å². The number of thioether (sulfide) groups is 1. The molecule has 0 saturated heterocycles. The summed E-state index contributed by atoms with van der Waals surface area (Å²) in [6.07, 6.45) is 3.33. The second-order valence-electron chi connectivity index (χ2n) is 5.18. The molecule has 0 amide bonds. The molecule has 0 bridgehead atoms. The molecular weight excluding hydrogens is 278 g/mol. The van der Waals surface area contributed by atoms with Gasteiger partial charge in [0, 0.05) is 16.2 Å². The van der Waals surface area contributed by atoms with Crippen LogP contribution in [0.1, 0.15) is 32.6 Å². The van der Waals surface area contributed by atoms with Crippen molar-refractivity contribution in [2.24, 2.45) is 0 Å². The quantitative estimate of drug-likeness (QED) is 0.896. The van der Waals surface area contributed by atoms with Gasteiger partial charge in [0.25, 0.3) is 0 Å². The number of nitriles is 1. The number of hydrogen-bond donors (Lipinski definition) is 1. The second kappa shape index (κ2) is 6.55. The third kappa shape index (κ3) is 3.50. The highest BCUT2D eigenvalue weighted by Gasteiger charge is 2.39. The second-order valence-corrected chi connectivity index (χ2v) is 6.52. The predicted molar refractivity (Wildman–Crippen MR) is 76.5 cm³/mol. The first-order valence-electron chi connectivity index (χ1n) is 6.86. The third-order valence-electron chi connectivity index (χ3n) is 3.58. The van der Waals surface area contributed by atoms with E-state index < -0.39 is 17.2 Å². The van der Waals surface area contributed by atoms with Gasteiger partial charge in [0.05, 0.1) is 6.07 Å². The zero-order chi connectivity index (χ0) is 14.6. The number of hydrogen-bond acceptors (Lipinski definition) is 3. The molecule has 1 aromatic carbocycles. The number of nitrogens with one attached hydrogen (secondary N) is 1. The first-order chi connectivity index (χ1) is 9.58. The minimum atomic E-state index is -0.561. The summed E-state index contributed by atoms with van der Waals surface area (Å²) in [6, 6.07) is 6.02. The average Bonchev–Trinajstić information content (AvgIpc) is 2.84. The molecular formula is C15H18F2N2S. The van der Waals surface area contributed by atoms with E-state index in [0.29, 0.717) is 11.3 Å². The summed E-state index contributed by atoms with van der Waals surface area (Å²) in [4.78, 5) is 0.459. The van der Waals surface area contributed by atoms with E-state index in [-0.39, 0.29) is 5.25 Å². The smallest absolute Gasteiger partial charge is 0.139 e. The zero-order valence-electron chi connectivity index (χ0n) is 11.5. The van der Waals surface area contributed by atoms with Crippen LogP contribution in [0.2, 0.25) is 0 Å². The molecule has 0 aliphatic heterocycles. The van der Waals surface area contributed by atoms with Gasteiger partial charge in [-0.25, -0.2) is 8.78 Å². The van der Waals surface area contributed by atoms with Crippen molar-refractivity contribution in [2.45, 2.75) is 48.3 Å². The van der Waals surface area contributed by atoms with Gasteiger partial charge in [-0.05, 0) is 44.4 Å². The fourth-order valence-electron chi connectivity index (χ4n) is 2.52. The van der Waals surface area contributed by atoms with Gasteiger partial charge in [0.1, 0.15) is 17.2 Å². The Hall–Kier alpha value is -1.12. The van der Waals surface area contributed by atoms with E-state index in [9.17, 15) is 14.0 Å². The van der Waals surface area contributed by atoms with Crippen LogP contribution in [0.15, 0.2) is 23.1 Å². The summed E-state index contributed by atoms with van der Waals surface area (Å²) in [5, 5.41) is 12.9. The molecule has 2 nitrogen and oxygen atoms in total. The van der Waals surface area contributed by atoms with Crippen LogP contribution < -0.4 is 5.32 Å². The van der Waals surface area contributed by atoms with Crippen LogP contribution in [0, 0.1) is 23.0 Å². The molecule has 108 valence electrons. The summed E-state index contributed by atoms with van der Waals surface area (Å²) in [5.41, 5.74) is -0.482. The van der Waals surface area contributed by atoms with Gasteiger partial charge in [-0.1, -0.05) is 6.92 Å². The topological polar surface area (TPSA) is 35.8 Å². The monoisotopic (exact) mass is 296 g/mol. The van der Waals surface area contributed by atoms with E-state index in [1.807, 2.05) is 0 Å². The van der Waals surface area contributed by atoms with Gasteiger partial charge < -0.3 is 0 Å². The van der Waals surface area contributed by atoms with Gasteiger partial charge in [-0.15, -0.1) is 11.8 Å². The van der Waals surface area contributed by atoms with Crippen molar-refractivity contribution >= 4 is 11.8 Å². The van der Waals surface area contributed by atoms with Crippen molar-refractivity contribution in [1.29, 1.82) is 5.26 Å². The predicted octanol–water partition coefficient (Wildman–Crippen LogP) is 3.87. The maximum absolute atomic E-state index is 13.6. The number of nitrogens with zero attached hydrogens (tertiary/aromatic N) is 1. The molecule has 2 atom stereocenters. The molecule has 1 N–H and O–H groups in total. The Labute approximate surface area is 122 Å². The first kappa shape index (κ1) is 15.3. The van der Waals surface area contributed by atoms with E-state index in [0.717, 1.165) is 31.9 Å². The Bertz CT molecular complexity index is 515.